The summed E-state index contributed by atoms with van der Waals surface area (Å²) in [5.74, 6) is 1.78. The highest BCUT2D eigenvalue weighted by Gasteiger charge is 2.17. The summed E-state index contributed by atoms with van der Waals surface area (Å²) in [6.07, 6.45) is 6.63. The van der Waals surface area contributed by atoms with E-state index >= 15 is 0 Å². The van der Waals surface area contributed by atoms with Gasteiger partial charge in [0.25, 0.3) is 0 Å². The molecule has 1 atom stereocenters. The molecule has 6 heteroatoms. The molecule has 0 aromatic carbocycles. The predicted octanol–water partition coefficient (Wildman–Crippen LogP) is 1.68. The van der Waals surface area contributed by atoms with Crippen molar-refractivity contribution in [3.63, 3.8) is 0 Å². The first-order chi connectivity index (χ1) is 9.78. The molecule has 0 aromatic heterocycles. The second kappa shape index (κ2) is 10.6. The molecule has 2 N–H and O–H groups in total. The average molecular weight is 410 g/mol. The molecule has 21 heavy (non-hydrogen) atoms. The molecule has 0 amide bonds. The van der Waals surface area contributed by atoms with E-state index in [0.717, 1.165) is 31.6 Å². The third-order valence-corrected chi connectivity index (χ3v) is 4.43. The van der Waals surface area contributed by atoms with Crippen LogP contribution in [0.4, 0.5) is 0 Å². The van der Waals surface area contributed by atoms with Crippen molar-refractivity contribution in [3.05, 3.63) is 0 Å². The summed E-state index contributed by atoms with van der Waals surface area (Å²) in [4.78, 5) is 6.70. The summed E-state index contributed by atoms with van der Waals surface area (Å²) in [5.41, 5.74) is 0. The third kappa shape index (κ3) is 7.15. The van der Waals surface area contributed by atoms with Crippen LogP contribution >= 0.6 is 24.0 Å². The van der Waals surface area contributed by atoms with Crippen LogP contribution in [-0.4, -0.2) is 63.8 Å². The van der Waals surface area contributed by atoms with Crippen LogP contribution in [-0.2, 0) is 4.74 Å². The van der Waals surface area contributed by atoms with Crippen LogP contribution in [0.25, 0.3) is 0 Å². The molecule has 5 nitrogen and oxygen atoms in total. The molecular formula is C15H31IN4O. The minimum Gasteiger partial charge on any atom is -0.376 e. The van der Waals surface area contributed by atoms with E-state index in [1.165, 1.54) is 45.2 Å². The first-order valence-electron chi connectivity index (χ1n) is 8.02. The lowest BCUT2D eigenvalue weighted by molar-refractivity contribution is 0.114. The van der Waals surface area contributed by atoms with Gasteiger partial charge in [-0.15, -0.1) is 24.0 Å². The number of piperidine rings is 1. The molecule has 2 fully saturated rings. The van der Waals surface area contributed by atoms with Gasteiger partial charge in [-0.1, -0.05) is 0 Å². The Kier molecular flexibility index (Phi) is 9.59. The number of guanidine groups is 1. The van der Waals surface area contributed by atoms with Crippen LogP contribution in [0.1, 0.15) is 32.1 Å². The molecule has 0 aliphatic carbocycles. The molecule has 1 unspecified atom stereocenters. The predicted molar refractivity (Wildman–Crippen MR) is 98.6 cm³/mol. The molecular weight excluding hydrogens is 379 g/mol. The van der Waals surface area contributed by atoms with Crippen LogP contribution in [0.3, 0.4) is 0 Å². The van der Waals surface area contributed by atoms with Crippen molar-refractivity contribution in [2.24, 2.45) is 10.9 Å². The highest BCUT2D eigenvalue weighted by atomic mass is 127. The van der Waals surface area contributed by atoms with Crippen molar-refractivity contribution < 1.29 is 4.74 Å². The van der Waals surface area contributed by atoms with Gasteiger partial charge in [-0.05, 0) is 58.2 Å². The van der Waals surface area contributed by atoms with Gasteiger partial charge in [0.2, 0.25) is 0 Å². The van der Waals surface area contributed by atoms with Crippen LogP contribution < -0.4 is 10.6 Å². The number of nitrogens with zero attached hydrogens (tertiary/aromatic N) is 2. The number of halogens is 1. The summed E-state index contributed by atoms with van der Waals surface area (Å²) in [6.45, 7) is 5.29. The quantitative estimate of drug-likeness (QED) is 0.412. The first-order valence-corrected chi connectivity index (χ1v) is 8.02. The number of nitrogens with one attached hydrogen (secondary N) is 2. The average Bonchev–Trinajstić information content (AvgIpc) is 2.98. The van der Waals surface area contributed by atoms with Gasteiger partial charge >= 0.3 is 0 Å². The number of aliphatic imine (C=N–C) groups is 1. The molecule has 0 saturated carbocycles. The summed E-state index contributed by atoms with van der Waals surface area (Å²) < 4.78 is 5.61. The SMILES string of the molecule is CN=C(NCCC1CCN(C)CC1)NCC1CCCO1.I. The molecule has 2 heterocycles. The van der Waals surface area contributed by atoms with Gasteiger partial charge < -0.3 is 20.3 Å². The monoisotopic (exact) mass is 410 g/mol. The van der Waals surface area contributed by atoms with Crippen molar-refractivity contribution >= 4 is 29.9 Å². The summed E-state index contributed by atoms with van der Waals surface area (Å²) in [7, 11) is 4.05. The molecule has 124 valence electrons. The summed E-state index contributed by atoms with van der Waals surface area (Å²) >= 11 is 0. The third-order valence-electron chi connectivity index (χ3n) is 4.43. The summed E-state index contributed by atoms with van der Waals surface area (Å²) in [6, 6.07) is 0. The number of rotatable bonds is 5. The molecule has 2 rings (SSSR count). The van der Waals surface area contributed by atoms with E-state index in [-0.39, 0.29) is 24.0 Å². The maximum absolute atomic E-state index is 5.61. The van der Waals surface area contributed by atoms with Gasteiger partial charge in [-0.25, -0.2) is 0 Å². The molecule has 0 radical (unpaired) electrons. The lowest BCUT2D eigenvalue weighted by Crippen LogP contribution is -2.42. The lowest BCUT2D eigenvalue weighted by atomic mass is 9.94. The molecule has 2 aliphatic heterocycles. The smallest absolute Gasteiger partial charge is 0.191 e. The Morgan fingerprint density at radius 3 is 2.62 bits per heavy atom. The van der Waals surface area contributed by atoms with Crippen molar-refractivity contribution in [3.8, 4) is 0 Å². The Morgan fingerprint density at radius 1 is 1.24 bits per heavy atom. The number of likely N-dealkylation sites (tertiary alicyclic amines) is 1. The van der Waals surface area contributed by atoms with Crippen molar-refractivity contribution in [2.75, 3.05) is 46.9 Å². The Labute approximate surface area is 146 Å². The van der Waals surface area contributed by atoms with Crippen molar-refractivity contribution in [2.45, 2.75) is 38.2 Å². The van der Waals surface area contributed by atoms with Gasteiger partial charge in [0.15, 0.2) is 5.96 Å². The number of ether oxygens (including phenoxy) is 1. The van der Waals surface area contributed by atoms with Crippen molar-refractivity contribution in [1.29, 1.82) is 0 Å². The second-order valence-electron chi connectivity index (χ2n) is 6.05. The van der Waals surface area contributed by atoms with Gasteiger partial charge in [0.1, 0.15) is 0 Å². The molecule has 0 aromatic rings. The van der Waals surface area contributed by atoms with E-state index < -0.39 is 0 Å². The van der Waals surface area contributed by atoms with Crippen LogP contribution in [0.15, 0.2) is 4.99 Å². The second-order valence-corrected chi connectivity index (χ2v) is 6.05. The summed E-state index contributed by atoms with van der Waals surface area (Å²) in [5, 5.41) is 6.78. The molecule has 0 spiro atoms. The zero-order valence-electron chi connectivity index (χ0n) is 13.4. The molecule has 0 bridgehead atoms. The van der Waals surface area contributed by atoms with Crippen molar-refractivity contribution in [1.82, 2.24) is 15.5 Å². The van der Waals surface area contributed by atoms with E-state index in [1.54, 1.807) is 0 Å². The van der Waals surface area contributed by atoms with Crippen LogP contribution in [0, 0.1) is 5.92 Å². The Bertz CT molecular complexity index is 300. The Balaban J connectivity index is 0.00000220. The minimum absolute atomic E-state index is 0. The number of hydrogen-bond donors (Lipinski definition) is 2. The Hall–Kier alpha value is -0.0800. The largest absolute Gasteiger partial charge is 0.376 e. The molecule has 2 saturated heterocycles. The fourth-order valence-electron chi connectivity index (χ4n) is 2.98. The van der Waals surface area contributed by atoms with E-state index in [1.807, 2.05) is 7.05 Å². The fraction of sp³-hybridized carbons (Fsp3) is 0.933. The maximum atomic E-state index is 5.61. The van der Waals surface area contributed by atoms with Gasteiger partial charge in [0, 0.05) is 26.7 Å². The molecule has 2 aliphatic rings. The normalized spacial score (nSPS) is 24.7. The maximum Gasteiger partial charge on any atom is 0.191 e. The zero-order chi connectivity index (χ0) is 14.2. The van der Waals surface area contributed by atoms with E-state index in [4.69, 9.17) is 4.74 Å². The van der Waals surface area contributed by atoms with Crippen LogP contribution in [0.2, 0.25) is 0 Å². The highest BCUT2D eigenvalue weighted by Crippen LogP contribution is 2.18. The number of hydrogen-bond acceptors (Lipinski definition) is 3. The minimum atomic E-state index is 0. The topological polar surface area (TPSA) is 48.9 Å². The Morgan fingerprint density at radius 2 is 2.00 bits per heavy atom. The first kappa shape index (κ1) is 19.0. The van der Waals surface area contributed by atoms with E-state index in [9.17, 15) is 0 Å². The van der Waals surface area contributed by atoms with Gasteiger partial charge in [-0.2, -0.15) is 0 Å². The van der Waals surface area contributed by atoms with Gasteiger partial charge in [0.05, 0.1) is 6.10 Å². The van der Waals surface area contributed by atoms with E-state index in [0.29, 0.717) is 6.10 Å². The van der Waals surface area contributed by atoms with E-state index in [2.05, 4.69) is 27.6 Å². The fourth-order valence-corrected chi connectivity index (χ4v) is 2.98. The lowest BCUT2D eigenvalue weighted by Gasteiger charge is -2.29. The van der Waals surface area contributed by atoms with Crippen LogP contribution in [0.5, 0.6) is 0 Å². The van der Waals surface area contributed by atoms with Gasteiger partial charge in [-0.3, -0.25) is 4.99 Å². The zero-order valence-corrected chi connectivity index (χ0v) is 15.8. The highest BCUT2D eigenvalue weighted by molar-refractivity contribution is 14.0. The standard InChI is InChI=1S/C15H30N4O.HI/c1-16-15(18-12-14-4-3-11-20-14)17-8-5-13-6-9-19(2)10-7-13;/h13-14H,3-12H2,1-2H3,(H2,16,17,18);1H.